The fraction of sp³-hybridized carbons (Fsp3) is 0.286. The molecule has 0 saturated carbocycles. The van der Waals surface area contributed by atoms with Crippen LogP contribution in [-0.4, -0.2) is 46.7 Å². The van der Waals surface area contributed by atoms with Crippen molar-refractivity contribution in [1.82, 2.24) is 20.3 Å². The van der Waals surface area contributed by atoms with Gasteiger partial charge in [0.25, 0.3) is 5.91 Å². The number of aromatic nitrogens is 3. The molecule has 2 heterocycles. The molecule has 0 bridgehead atoms. The summed E-state index contributed by atoms with van der Waals surface area (Å²) in [7, 11) is 0. The Morgan fingerprint density at radius 3 is 2.56 bits per heavy atom. The second kappa shape index (κ2) is 8.47. The van der Waals surface area contributed by atoms with Gasteiger partial charge in [-0.05, 0) is 12.1 Å². The van der Waals surface area contributed by atoms with Crippen LogP contribution >= 0.6 is 11.6 Å². The number of ether oxygens (including phenoxy) is 1. The van der Waals surface area contributed by atoms with Gasteiger partial charge in [-0.25, -0.2) is 15.0 Å². The molecule has 1 amide bonds. The van der Waals surface area contributed by atoms with E-state index >= 15 is 0 Å². The van der Waals surface area contributed by atoms with Gasteiger partial charge in [-0.1, -0.05) is 11.6 Å². The zero-order chi connectivity index (χ0) is 18.3. The minimum absolute atomic E-state index is 0.0975. The Hall–Kier alpha value is -2.62. The second-order valence-electron chi connectivity index (χ2n) is 4.67. The first-order valence-corrected chi connectivity index (χ1v) is 7.37. The molecule has 0 fully saturated rings. The van der Waals surface area contributed by atoms with Crippen molar-refractivity contribution < 1.29 is 22.7 Å². The van der Waals surface area contributed by atoms with E-state index in [1.807, 2.05) is 0 Å². The quantitative estimate of drug-likeness (QED) is 0.722. The molecule has 0 saturated heterocycles. The zero-order valence-corrected chi connectivity index (χ0v) is 13.4. The molecule has 0 aliphatic heterocycles. The van der Waals surface area contributed by atoms with Crippen LogP contribution in [0.3, 0.4) is 0 Å². The van der Waals surface area contributed by atoms with Gasteiger partial charge in [-0.3, -0.25) is 4.79 Å². The monoisotopic (exact) mass is 375 g/mol. The number of pyridine rings is 1. The average molecular weight is 376 g/mol. The molecule has 0 unspecified atom stereocenters. The van der Waals surface area contributed by atoms with E-state index < -0.39 is 24.6 Å². The van der Waals surface area contributed by atoms with Crippen LogP contribution in [0.15, 0.2) is 30.7 Å². The highest BCUT2D eigenvalue weighted by Crippen LogP contribution is 2.24. The lowest BCUT2D eigenvalue weighted by Gasteiger charge is -2.10. The molecule has 2 aromatic heterocycles. The second-order valence-corrected chi connectivity index (χ2v) is 5.08. The topological polar surface area (TPSA) is 89.0 Å². The number of carbonyl (C=O) groups is 1. The third-order valence-electron chi connectivity index (χ3n) is 2.70. The van der Waals surface area contributed by atoms with Crippen molar-refractivity contribution in [1.29, 1.82) is 0 Å². The predicted octanol–water partition coefficient (Wildman–Crippen LogP) is 2.31. The van der Waals surface area contributed by atoms with E-state index in [-0.39, 0.29) is 17.1 Å². The summed E-state index contributed by atoms with van der Waals surface area (Å²) in [6.45, 7) is -0.872. The maximum Gasteiger partial charge on any atom is 0.422 e. The van der Waals surface area contributed by atoms with Crippen molar-refractivity contribution in [3.8, 4) is 5.88 Å². The van der Waals surface area contributed by atoms with Gasteiger partial charge in [-0.2, -0.15) is 13.2 Å². The Morgan fingerprint density at radius 1 is 1.20 bits per heavy atom. The number of alkyl halides is 3. The molecule has 2 rings (SSSR count). The first kappa shape index (κ1) is 18.7. The lowest BCUT2D eigenvalue weighted by molar-refractivity contribution is -0.154. The van der Waals surface area contributed by atoms with Crippen LogP contribution < -0.4 is 15.4 Å². The van der Waals surface area contributed by atoms with Gasteiger partial charge >= 0.3 is 6.18 Å². The number of rotatable bonds is 7. The van der Waals surface area contributed by atoms with E-state index in [0.29, 0.717) is 12.5 Å². The summed E-state index contributed by atoms with van der Waals surface area (Å²) >= 11 is 5.78. The van der Waals surface area contributed by atoms with Gasteiger partial charge < -0.3 is 15.4 Å². The predicted molar refractivity (Wildman–Crippen MR) is 83.7 cm³/mol. The number of halogens is 4. The minimum Gasteiger partial charge on any atom is -0.467 e. The molecule has 0 aliphatic carbocycles. The van der Waals surface area contributed by atoms with Crippen molar-refractivity contribution in [3.63, 3.8) is 0 Å². The summed E-state index contributed by atoms with van der Waals surface area (Å²) in [4.78, 5) is 23.5. The van der Waals surface area contributed by atoms with E-state index in [1.165, 1.54) is 6.07 Å². The van der Waals surface area contributed by atoms with Crippen molar-refractivity contribution in [2.45, 2.75) is 6.18 Å². The number of amides is 1. The van der Waals surface area contributed by atoms with E-state index in [2.05, 4.69) is 30.3 Å². The summed E-state index contributed by atoms with van der Waals surface area (Å²) in [6, 6.07) is 2.86. The smallest absolute Gasteiger partial charge is 0.422 e. The molecule has 0 aromatic carbocycles. The number of hydrogen-bond acceptors (Lipinski definition) is 6. The lowest BCUT2D eigenvalue weighted by Crippen LogP contribution is -2.29. The maximum absolute atomic E-state index is 12.1. The Balaban J connectivity index is 1.82. The Kier molecular flexibility index (Phi) is 6.34. The summed E-state index contributed by atoms with van der Waals surface area (Å²) in [5.41, 5.74) is 0.0975. The highest BCUT2D eigenvalue weighted by Gasteiger charge is 2.29. The summed E-state index contributed by atoms with van der Waals surface area (Å²) in [6.07, 6.45) is -0.273. The van der Waals surface area contributed by atoms with Gasteiger partial charge in [0.05, 0.1) is 5.56 Å². The normalized spacial score (nSPS) is 11.0. The fourth-order valence-electron chi connectivity index (χ4n) is 1.65. The number of nitrogens with one attached hydrogen (secondary N) is 2. The molecule has 134 valence electrons. The molecule has 0 spiro atoms. The Labute approximate surface area is 145 Å². The van der Waals surface area contributed by atoms with E-state index in [1.54, 1.807) is 18.5 Å². The highest BCUT2D eigenvalue weighted by atomic mass is 35.5. The third kappa shape index (κ3) is 6.42. The van der Waals surface area contributed by atoms with Gasteiger partial charge in [-0.15, -0.1) is 0 Å². The van der Waals surface area contributed by atoms with Crippen LogP contribution in [0.25, 0.3) is 0 Å². The number of hydrogen-bond donors (Lipinski definition) is 2. The molecular weight excluding hydrogens is 363 g/mol. The van der Waals surface area contributed by atoms with Gasteiger partial charge in [0.15, 0.2) is 6.61 Å². The molecule has 0 atom stereocenters. The summed E-state index contributed by atoms with van der Waals surface area (Å²) < 4.78 is 40.8. The molecule has 11 heteroatoms. The van der Waals surface area contributed by atoms with E-state index in [9.17, 15) is 18.0 Å². The standard InChI is InChI=1S/C14H13ClF3N5O2/c15-10-6-9(7-23-12(10)25-8-14(16,17)18)11(24)19-4-5-22-13-20-2-1-3-21-13/h1-3,6-7H,4-5,8H2,(H,19,24)(H,20,21,22). The number of nitrogens with zero attached hydrogens (tertiary/aromatic N) is 3. The van der Waals surface area contributed by atoms with Gasteiger partial charge in [0.2, 0.25) is 11.8 Å². The zero-order valence-electron chi connectivity index (χ0n) is 12.7. The minimum atomic E-state index is -4.50. The SMILES string of the molecule is O=C(NCCNc1ncccn1)c1cnc(OCC(F)(F)F)c(Cl)c1. The molecule has 25 heavy (non-hydrogen) atoms. The summed E-state index contributed by atoms with van der Waals surface area (Å²) in [5, 5.41) is 5.31. The number of carbonyl (C=O) groups excluding carboxylic acids is 1. The molecular formula is C14H13ClF3N5O2. The third-order valence-corrected chi connectivity index (χ3v) is 2.97. The Morgan fingerprint density at radius 2 is 1.92 bits per heavy atom. The number of anilines is 1. The summed E-state index contributed by atoms with van der Waals surface area (Å²) in [5.74, 6) is -0.446. The van der Waals surface area contributed by atoms with Gasteiger partial charge in [0.1, 0.15) is 5.02 Å². The van der Waals surface area contributed by atoms with Crippen LogP contribution in [0.4, 0.5) is 19.1 Å². The van der Waals surface area contributed by atoms with Gasteiger partial charge in [0, 0.05) is 31.7 Å². The van der Waals surface area contributed by atoms with E-state index in [0.717, 1.165) is 6.20 Å². The van der Waals surface area contributed by atoms with Crippen LogP contribution in [0.2, 0.25) is 5.02 Å². The maximum atomic E-state index is 12.1. The average Bonchev–Trinajstić information content (AvgIpc) is 2.57. The van der Waals surface area contributed by atoms with Crippen LogP contribution in [-0.2, 0) is 0 Å². The largest absolute Gasteiger partial charge is 0.467 e. The highest BCUT2D eigenvalue weighted by molar-refractivity contribution is 6.32. The van der Waals surface area contributed by atoms with Crippen molar-refractivity contribution in [2.75, 3.05) is 25.0 Å². The van der Waals surface area contributed by atoms with Crippen LogP contribution in [0.1, 0.15) is 10.4 Å². The molecule has 0 radical (unpaired) electrons. The van der Waals surface area contributed by atoms with Crippen molar-refractivity contribution in [2.24, 2.45) is 0 Å². The fourth-order valence-corrected chi connectivity index (χ4v) is 1.87. The molecule has 7 nitrogen and oxygen atoms in total. The van der Waals surface area contributed by atoms with Crippen LogP contribution in [0, 0.1) is 0 Å². The lowest BCUT2D eigenvalue weighted by atomic mass is 10.2. The molecule has 0 aliphatic rings. The first-order chi connectivity index (χ1) is 11.8. The van der Waals surface area contributed by atoms with Crippen molar-refractivity contribution >= 4 is 23.5 Å². The van der Waals surface area contributed by atoms with Crippen molar-refractivity contribution in [3.05, 3.63) is 41.3 Å². The first-order valence-electron chi connectivity index (χ1n) is 6.99. The Bertz CT molecular complexity index is 715. The molecule has 2 N–H and O–H groups in total. The van der Waals surface area contributed by atoms with Crippen LogP contribution in [0.5, 0.6) is 5.88 Å². The van der Waals surface area contributed by atoms with E-state index in [4.69, 9.17) is 11.6 Å². The molecule has 2 aromatic rings.